The van der Waals surface area contributed by atoms with Crippen molar-refractivity contribution in [3.05, 3.63) is 12.2 Å². The van der Waals surface area contributed by atoms with Crippen LogP contribution in [-0.4, -0.2) is 99.3 Å². The average molecular weight is 622 g/mol. The van der Waals surface area contributed by atoms with Crippen molar-refractivity contribution in [3.8, 4) is 0 Å². The summed E-state index contributed by atoms with van der Waals surface area (Å²) in [6.45, 7) is 1.88. The molecule has 0 aromatic heterocycles. The van der Waals surface area contributed by atoms with Crippen LogP contribution in [-0.2, 0) is 57.5 Å². The van der Waals surface area contributed by atoms with Crippen LogP contribution in [0.2, 0.25) is 0 Å². The summed E-state index contributed by atoms with van der Waals surface area (Å²) in [5.41, 5.74) is 7.43. The predicted octanol–water partition coefficient (Wildman–Crippen LogP) is -1.52. The fourth-order valence-electron chi connectivity index (χ4n) is 2.65. The number of carboxylic acid groups (broad SMARTS) is 4. The van der Waals surface area contributed by atoms with E-state index in [1.54, 1.807) is 0 Å². The van der Waals surface area contributed by atoms with E-state index in [-0.39, 0.29) is 31.6 Å². The van der Waals surface area contributed by atoms with Crippen molar-refractivity contribution in [3.63, 3.8) is 0 Å². The van der Waals surface area contributed by atoms with Crippen molar-refractivity contribution in [2.45, 2.75) is 76.4 Å². The molecular weight excluding hydrogens is 586 g/mol. The van der Waals surface area contributed by atoms with Gasteiger partial charge in [-0.05, 0) is 25.7 Å². The molecule has 0 aliphatic carbocycles. The Morgan fingerprint density at radius 3 is 1.70 bits per heavy atom. The van der Waals surface area contributed by atoms with Gasteiger partial charge in [-0.25, -0.2) is 19.2 Å². The zero-order chi connectivity index (χ0) is 33.5. The van der Waals surface area contributed by atoms with Crippen molar-refractivity contribution >= 4 is 53.7 Å². The second kappa shape index (κ2) is 22.9. The van der Waals surface area contributed by atoms with Gasteiger partial charge in [-0.2, -0.15) is 5.48 Å². The SMILES string of the molecule is CCCC(=O)NC1CCC(=O)OC1=O.CONC1CCC(=O)OC1=O.NC(CCC(=O)O)C(=O)O.O=C(O)/C=C/C(=O)O. The second-order valence-electron chi connectivity index (χ2n) is 8.30. The molecule has 0 saturated carbocycles. The van der Waals surface area contributed by atoms with Crippen LogP contribution in [0.3, 0.4) is 0 Å². The van der Waals surface area contributed by atoms with Crippen molar-refractivity contribution in [1.82, 2.24) is 10.8 Å². The lowest BCUT2D eigenvalue weighted by molar-refractivity contribution is -0.169. The van der Waals surface area contributed by atoms with Crippen LogP contribution in [0.5, 0.6) is 0 Å². The summed E-state index contributed by atoms with van der Waals surface area (Å²) in [4.78, 5) is 97.7. The predicted molar refractivity (Wildman–Crippen MR) is 138 cm³/mol. The van der Waals surface area contributed by atoms with Crippen LogP contribution >= 0.6 is 0 Å². The van der Waals surface area contributed by atoms with Gasteiger partial charge in [0.25, 0.3) is 0 Å². The third-order valence-corrected chi connectivity index (χ3v) is 4.70. The molecule has 0 radical (unpaired) electrons. The molecule has 0 spiro atoms. The standard InChI is InChI=1S/C9H13NO4.C6H9NO4.C5H9NO4.C4H4O4/c1-2-3-7(11)10-6-4-5-8(12)14-9(6)13;1-10-7-4-2-3-5(8)11-6(4)9;6-3(5(9)10)1-2-4(7)8;5-3(6)1-2-4(7)8/h6H,2-5H2,1H3,(H,10,11);4,7H,2-3H2,1H3;3H,1-2,6H2,(H,7,8)(H,9,10);1-2H,(H,5,6)(H,7,8)/b;;;2-1+. The number of ether oxygens (including phenoxy) is 2. The topological polar surface area (TPSA) is 312 Å². The summed E-state index contributed by atoms with van der Waals surface area (Å²) in [5, 5.41) is 34.4. The third kappa shape index (κ3) is 22.6. The average Bonchev–Trinajstić information content (AvgIpc) is 2.90. The molecule has 3 atom stereocenters. The zero-order valence-corrected chi connectivity index (χ0v) is 23.3. The van der Waals surface area contributed by atoms with Gasteiger partial charge in [0, 0.05) is 37.8 Å². The Morgan fingerprint density at radius 1 is 0.884 bits per heavy atom. The van der Waals surface area contributed by atoms with Gasteiger partial charge in [-0.1, -0.05) is 6.92 Å². The number of carbonyl (C=O) groups is 9. The lowest BCUT2D eigenvalue weighted by Gasteiger charge is -2.20. The number of nitrogens with two attached hydrogens (primary N) is 1. The molecule has 43 heavy (non-hydrogen) atoms. The van der Waals surface area contributed by atoms with E-state index in [0.29, 0.717) is 31.4 Å². The molecule has 0 aromatic carbocycles. The van der Waals surface area contributed by atoms with Crippen molar-refractivity contribution in [1.29, 1.82) is 0 Å². The first-order chi connectivity index (χ1) is 20.0. The molecule has 1 amide bonds. The highest BCUT2D eigenvalue weighted by Gasteiger charge is 2.30. The molecule has 19 heteroatoms. The van der Waals surface area contributed by atoms with Gasteiger partial charge in [0.15, 0.2) is 0 Å². The lowest BCUT2D eigenvalue weighted by Crippen LogP contribution is -2.45. The molecule has 2 rings (SSSR count). The zero-order valence-electron chi connectivity index (χ0n) is 23.3. The highest BCUT2D eigenvalue weighted by Crippen LogP contribution is 2.10. The largest absolute Gasteiger partial charge is 0.481 e. The van der Waals surface area contributed by atoms with Gasteiger partial charge in [-0.15, -0.1) is 0 Å². The number of hydrogen-bond acceptors (Lipinski definition) is 14. The first-order valence-corrected chi connectivity index (χ1v) is 12.4. The third-order valence-electron chi connectivity index (χ3n) is 4.70. The van der Waals surface area contributed by atoms with E-state index in [9.17, 15) is 43.2 Å². The van der Waals surface area contributed by atoms with Gasteiger partial charge < -0.3 is 45.8 Å². The van der Waals surface area contributed by atoms with Crippen molar-refractivity contribution < 1.29 is 77.9 Å². The minimum Gasteiger partial charge on any atom is -0.481 e. The van der Waals surface area contributed by atoms with E-state index >= 15 is 0 Å². The quantitative estimate of drug-likeness (QED) is 0.0596. The summed E-state index contributed by atoms with van der Waals surface area (Å²) in [5.74, 6) is -7.09. The van der Waals surface area contributed by atoms with Gasteiger partial charge in [-0.3, -0.25) is 24.0 Å². The van der Waals surface area contributed by atoms with Crippen molar-refractivity contribution in [2.75, 3.05) is 7.11 Å². The fourth-order valence-corrected chi connectivity index (χ4v) is 2.65. The highest BCUT2D eigenvalue weighted by molar-refractivity contribution is 5.94. The number of hydrogen-bond donors (Lipinski definition) is 7. The molecule has 2 aliphatic rings. The molecule has 3 unspecified atom stereocenters. The lowest BCUT2D eigenvalue weighted by atomic mass is 10.1. The molecule has 2 aliphatic heterocycles. The maximum Gasteiger partial charge on any atom is 0.336 e. The van der Waals surface area contributed by atoms with Crippen molar-refractivity contribution in [2.24, 2.45) is 5.73 Å². The van der Waals surface area contributed by atoms with E-state index in [4.69, 9.17) is 26.2 Å². The first kappa shape index (κ1) is 40.4. The Kier molecular flexibility index (Phi) is 21.5. The highest BCUT2D eigenvalue weighted by atomic mass is 16.6. The first-order valence-electron chi connectivity index (χ1n) is 12.4. The molecule has 2 heterocycles. The number of cyclic esters (lactones) is 4. The molecule has 8 N–H and O–H groups in total. The van der Waals surface area contributed by atoms with Crippen LogP contribution in [0, 0.1) is 0 Å². The molecule has 19 nitrogen and oxygen atoms in total. The molecule has 2 saturated heterocycles. The Labute approximate surface area is 244 Å². The number of hydroxylamine groups is 1. The summed E-state index contributed by atoms with van der Waals surface area (Å²) in [7, 11) is 1.41. The van der Waals surface area contributed by atoms with Crippen LogP contribution in [0.15, 0.2) is 12.2 Å². The number of aliphatic carboxylic acids is 4. The number of esters is 4. The van der Waals surface area contributed by atoms with E-state index in [2.05, 4.69) is 25.1 Å². The smallest absolute Gasteiger partial charge is 0.336 e. The Morgan fingerprint density at radius 2 is 1.35 bits per heavy atom. The number of carbonyl (C=O) groups excluding carboxylic acids is 5. The van der Waals surface area contributed by atoms with E-state index in [1.165, 1.54) is 7.11 Å². The Bertz CT molecular complexity index is 1030. The number of carboxylic acids is 4. The molecule has 0 aromatic rings. The summed E-state index contributed by atoms with van der Waals surface area (Å²) in [6.07, 6.45) is 3.22. The number of amides is 1. The summed E-state index contributed by atoms with van der Waals surface area (Å²) < 4.78 is 8.72. The van der Waals surface area contributed by atoms with Gasteiger partial charge >= 0.3 is 47.8 Å². The maximum atomic E-state index is 11.1. The fraction of sp³-hybridized carbons (Fsp3) is 0.542. The normalized spacial score (nSPS) is 18.1. The Balaban J connectivity index is 0. The van der Waals surface area contributed by atoms with Gasteiger partial charge in [0.1, 0.15) is 18.1 Å². The van der Waals surface area contributed by atoms with E-state index in [1.807, 2.05) is 6.92 Å². The van der Waals surface area contributed by atoms with Crippen LogP contribution in [0.4, 0.5) is 0 Å². The minimum absolute atomic E-state index is 0.0231. The van der Waals surface area contributed by atoms with Gasteiger partial charge in [0.05, 0.1) is 7.11 Å². The number of nitrogens with one attached hydrogen (secondary N) is 2. The van der Waals surface area contributed by atoms with Gasteiger partial charge in [0.2, 0.25) is 5.91 Å². The Hall–Kier alpha value is -4.75. The maximum absolute atomic E-state index is 11.1. The summed E-state index contributed by atoms with van der Waals surface area (Å²) in [6, 6.07) is -2.21. The second-order valence-corrected chi connectivity index (χ2v) is 8.30. The molecular formula is C24H35N3O16. The molecule has 242 valence electrons. The minimum atomic E-state index is -1.26. The van der Waals surface area contributed by atoms with Crippen LogP contribution < -0.4 is 16.5 Å². The number of rotatable bonds is 11. The van der Waals surface area contributed by atoms with E-state index < -0.39 is 65.9 Å². The van der Waals surface area contributed by atoms with Crippen LogP contribution in [0.25, 0.3) is 0 Å². The molecule has 2 fully saturated rings. The van der Waals surface area contributed by atoms with E-state index in [0.717, 1.165) is 6.42 Å². The van der Waals surface area contributed by atoms with Crippen LogP contribution in [0.1, 0.15) is 58.3 Å². The monoisotopic (exact) mass is 621 g/mol. The molecule has 0 bridgehead atoms. The summed E-state index contributed by atoms with van der Waals surface area (Å²) >= 11 is 0.